The molecule has 7 heteroatoms. The Labute approximate surface area is 157 Å². The quantitative estimate of drug-likeness (QED) is 0.674. The first-order valence-electron chi connectivity index (χ1n) is 8.37. The Morgan fingerprint density at radius 3 is 2.36 bits per heavy atom. The van der Waals surface area contributed by atoms with Crippen LogP contribution >= 0.6 is 0 Å². The largest absolute Gasteiger partial charge is 0.478 e. The van der Waals surface area contributed by atoms with E-state index in [4.69, 9.17) is 10.5 Å². The fourth-order valence-corrected chi connectivity index (χ4v) is 3.62. The molecular weight excluding hydrogens is 371 g/mol. The molecule has 1 aliphatic heterocycles. The molecule has 0 saturated heterocycles. The molecular formula is C21H14F3NO3. The van der Waals surface area contributed by atoms with Crippen LogP contribution in [0.25, 0.3) is 10.8 Å². The van der Waals surface area contributed by atoms with Gasteiger partial charge in [0.1, 0.15) is 11.3 Å². The zero-order valence-corrected chi connectivity index (χ0v) is 14.3. The van der Waals surface area contributed by atoms with Gasteiger partial charge in [0.05, 0.1) is 11.5 Å². The Hall–Kier alpha value is -3.48. The number of nitrogens with two attached hydrogens (primary N) is 1. The number of rotatable bonds is 2. The number of hydrogen-bond donors (Lipinski definition) is 2. The first-order chi connectivity index (χ1) is 13.3. The summed E-state index contributed by atoms with van der Waals surface area (Å²) in [6, 6.07) is 15.4. The van der Waals surface area contributed by atoms with Crippen LogP contribution in [0.5, 0.6) is 5.75 Å². The third-order valence-electron chi connectivity index (χ3n) is 4.79. The van der Waals surface area contributed by atoms with Crippen molar-refractivity contribution in [3.63, 3.8) is 0 Å². The van der Waals surface area contributed by atoms with Gasteiger partial charge in [-0.05, 0) is 17.0 Å². The van der Waals surface area contributed by atoms with E-state index in [1.54, 1.807) is 24.3 Å². The number of carboxylic acids is 1. The summed E-state index contributed by atoms with van der Waals surface area (Å²) in [6.07, 6.45) is -4.65. The van der Waals surface area contributed by atoms with E-state index in [9.17, 15) is 23.1 Å². The number of carbonyl (C=O) groups is 1. The number of ether oxygens (including phenoxy) is 1. The summed E-state index contributed by atoms with van der Waals surface area (Å²) in [6.45, 7) is 0. The Morgan fingerprint density at radius 1 is 0.964 bits per heavy atom. The number of carboxylic acid groups (broad SMARTS) is 1. The van der Waals surface area contributed by atoms with Crippen molar-refractivity contribution in [3.8, 4) is 5.75 Å². The lowest BCUT2D eigenvalue weighted by atomic mass is 9.80. The average molecular weight is 385 g/mol. The molecule has 1 atom stereocenters. The number of halogens is 3. The van der Waals surface area contributed by atoms with Gasteiger partial charge in [0.25, 0.3) is 0 Å². The van der Waals surface area contributed by atoms with Crippen molar-refractivity contribution in [2.24, 2.45) is 5.73 Å². The van der Waals surface area contributed by atoms with Crippen LogP contribution in [-0.2, 0) is 11.0 Å². The topological polar surface area (TPSA) is 72.6 Å². The lowest BCUT2D eigenvalue weighted by Gasteiger charge is -2.30. The number of hydrogen-bond acceptors (Lipinski definition) is 3. The molecule has 4 nitrogen and oxygen atoms in total. The molecule has 0 radical (unpaired) electrons. The van der Waals surface area contributed by atoms with Crippen molar-refractivity contribution in [2.75, 3.05) is 0 Å². The molecule has 3 aromatic carbocycles. The molecule has 0 aromatic heterocycles. The predicted molar refractivity (Wildman–Crippen MR) is 96.7 cm³/mol. The summed E-state index contributed by atoms with van der Waals surface area (Å²) < 4.78 is 46.5. The predicted octanol–water partition coefficient (Wildman–Crippen LogP) is 4.64. The van der Waals surface area contributed by atoms with Gasteiger partial charge in [-0.15, -0.1) is 0 Å². The number of fused-ring (bicyclic) bond motifs is 3. The van der Waals surface area contributed by atoms with Gasteiger partial charge in [0, 0.05) is 10.9 Å². The Morgan fingerprint density at radius 2 is 1.64 bits per heavy atom. The zero-order valence-electron chi connectivity index (χ0n) is 14.3. The van der Waals surface area contributed by atoms with Crippen molar-refractivity contribution >= 4 is 16.7 Å². The molecule has 0 saturated carbocycles. The van der Waals surface area contributed by atoms with Gasteiger partial charge < -0.3 is 15.6 Å². The van der Waals surface area contributed by atoms with Gasteiger partial charge in [-0.2, -0.15) is 13.2 Å². The Bertz CT molecular complexity index is 1140. The van der Waals surface area contributed by atoms with Crippen molar-refractivity contribution in [1.29, 1.82) is 0 Å². The van der Waals surface area contributed by atoms with Gasteiger partial charge in [-0.1, -0.05) is 54.6 Å². The average Bonchev–Trinajstić information content (AvgIpc) is 2.66. The van der Waals surface area contributed by atoms with Crippen LogP contribution in [-0.4, -0.2) is 11.1 Å². The summed E-state index contributed by atoms with van der Waals surface area (Å²) >= 11 is 0. The molecule has 0 amide bonds. The van der Waals surface area contributed by atoms with E-state index in [0.29, 0.717) is 10.9 Å². The van der Waals surface area contributed by atoms with Crippen LogP contribution < -0.4 is 10.5 Å². The highest BCUT2D eigenvalue weighted by Gasteiger charge is 2.41. The first-order valence-corrected chi connectivity index (χ1v) is 8.37. The summed E-state index contributed by atoms with van der Waals surface area (Å²) in [5.74, 6) is -2.80. The maximum atomic E-state index is 13.6. The second-order valence-corrected chi connectivity index (χ2v) is 6.41. The van der Waals surface area contributed by atoms with Crippen LogP contribution in [0, 0.1) is 0 Å². The smallest absolute Gasteiger partial charge is 0.416 e. The van der Waals surface area contributed by atoms with Gasteiger partial charge in [-0.25, -0.2) is 4.79 Å². The van der Waals surface area contributed by atoms with Crippen molar-refractivity contribution in [1.82, 2.24) is 0 Å². The molecule has 3 aromatic rings. The highest BCUT2D eigenvalue weighted by molar-refractivity contribution is 5.95. The van der Waals surface area contributed by atoms with Gasteiger partial charge in [-0.3, -0.25) is 0 Å². The molecule has 0 aliphatic carbocycles. The standard InChI is InChI=1S/C21H14F3NO3/c22-21(23,24)15-8-4-3-7-13(15)16-14-10-9-11-5-1-2-6-12(11)18(14)28-19(25)17(16)20(26)27/h1-10,16H,25H2,(H,26,27). The van der Waals surface area contributed by atoms with Crippen LogP contribution in [0.3, 0.4) is 0 Å². The summed E-state index contributed by atoms with van der Waals surface area (Å²) in [5.41, 5.74) is 4.68. The SMILES string of the molecule is NC1=C(C(=O)O)C(c2ccccc2C(F)(F)F)c2ccc3ccccc3c2O1. The van der Waals surface area contributed by atoms with E-state index in [2.05, 4.69) is 0 Å². The van der Waals surface area contributed by atoms with E-state index >= 15 is 0 Å². The van der Waals surface area contributed by atoms with E-state index < -0.39 is 35.1 Å². The minimum absolute atomic E-state index is 0.185. The monoisotopic (exact) mass is 385 g/mol. The normalized spacial score (nSPS) is 16.6. The summed E-state index contributed by atoms with van der Waals surface area (Å²) in [5, 5.41) is 11.1. The van der Waals surface area contributed by atoms with E-state index in [-0.39, 0.29) is 11.3 Å². The molecule has 1 heterocycles. The third-order valence-corrected chi connectivity index (χ3v) is 4.79. The maximum Gasteiger partial charge on any atom is 0.416 e. The number of aliphatic carboxylic acids is 1. The fraction of sp³-hybridized carbons (Fsp3) is 0.0952. The van der Waals surface area contributed by atoms with Crippen LogP contribution in [0.1, 0.15) is 22.6 Å². The van der Waals surface area contributed by atoms with E-state index in [1.165, 1.54) is 18.2 Å². The summed E-state index contributed by atoms with van der Waals surface area (Å²) in [4.78, 5) is 11.9. The van der Waals surface area contributed by atoms with Crippen LogP contribution in [0.2, 0.25) is 0 Å². The highest BCUT2D eigenvalue weighted by atomic mass is 19.4. The Balaban J connectivity index is 2.06. The summed E-state index contributed by atoms with van der Waals surface area (Å²) in [7, 11) is 0. The van der Waals surface area contributed by atoms with Gasteiger partial charge in [0.2, 0.25) is 5.88 Å². The molecule has 142 valence electrons. The Kier molecular flexibility index (Phi) is 4.03. The fourth-order valence-electron chi connectivity index (χ4n) is 3.62. The maximum absolute atomic E-state index is 13.6. The number of alkyl halides is 3. The third kappa shape index (κ3) is 2.76. The molecule has 4 rings (SSSR count). The molecule has 0 fully saturated rings. The minimum Gasteiger partial charge on any atom is -0.478 e. The lowest BCUT2D eigenvalue weighted by Crippen LogP contribution is -2.27. The van der Waals surface area contributed by atoms with Crippen LogP contribution in [0.15, 0.2) is 72.1 Å². The molecule has 0 spiro atoms. The van der Waals surface area contributed by atoms with Crippen molar-refractivity contribution in [3.05, 3.63) is 88.8 Å². The molecule has 1 unspecified atom stereocenters. The van der Waals surface area contributed by atoms with Crippen molar-refractivity contribution < 1.29 is 27.8 Å². The second kappa shape index (κ2) is 6.30. The van der Waals surface area contributed by atoms with E-state index in [1.807, 2.05) is 12.1 Å². The number of benzene rings is 3. The first kappa shape index (κ1) is 17.9. The molecule has 1 aliphatic rings. The van der Waals surface area contributed by atoms with Gasteiger partial charge >= 0.3 is 12.1 Å². The van der Waals surface area contributed by atoms with Crippen LogP contribution in [0.4, 0.5) is 13.2 Å². The second-order valence-electron chi connectivity index (χ2n) is 6.41. The highest BCUT2D eigenvalue weighted by Crippen LogP contribution is 2.48. The van der Waals surface area contributed by atoms with Gasteiger partial charge in [0.15, 0.2) is 0 Å². The molecule has 0 bridgehead atoms. The lowest BCUT2D eigenvalue weighted by molar-refractivity contribution is -0.139. The zero-order chi connectivity index (χ0) is 20.1. The van der Waals surface area contributed by atoms with Crippen molar-refractivity contribution in [2.45, 2.75) is 12.1 Å². The molecule has 3 N–H and O–H groups in total. The molecule has 28 heavy (non-hydrogen) atoms. The minimum atomic E-state index is -4.65. The van der Waals surface area contributed by atoms with E-state index in [0.717, 1.165) is 11.5 Å².